The number of nitrogens with one attached hydrogen (secondary N) is 1. The summed E-state index contributed by atoms with van der Waals surface area (Å²) in [6.45, 7) is 6.04. The second kappa shape index (κ2) is 8.58. The molecule has 0 aliphatic rings. The number of rotatable bonds is 6. The molecule has 3 rings (SSSR count). The van der Waals surface area contributed by atoms with Gasteiger partial charge in [-0.2, -0.15) is 4.98 Å². The average Bonchev–Trinajstić information content (AvgIpc) is 3.19. The smallest absolute Gasteiger partial charge is 0.330 e. The molecule has 3 aromatic rings. The Morgan fingerprint density at radius 2 is 1.90 bits per heavy atom. The zero-order valence-corrected chi connectivity index (χ0v) is 18.0. The molecule has 0 fully saturated rings. The van der Waals surface area contributed by atoms with Crippen molar-refractivity contribution in [1.29, 1.82) is 0 Å². The highest BCUT2D eigenvalue weighted by atomic mass is 16.5. The van der Waals surface area contributed by atoms with Gasteiger partial charge in [0.05, 0.1) is 6.54 Å². The molecule has 0 unspecified atom stereocenters. The quantitative estimate of drug-likeness (QED) is 0.608. The Balaban J connectivity index is 1.80. The number of hydrogen-bond donors (Lipinski definition) is 2. The van der Waals surface area contributed by atoms with E-state index in [1.165, 1.54) is 11.6 Å². The van der Waals surface area contributed by atoms with E-state index in [0.29, 0.717) is 11.7 Å². The average molecular weight is 426 g/mol. The summed E-state index contributed by atoms with van der Waals surface area (Å²) in [5.41, 5.74) is 5.25. The van der Waals surface area contributed by atoms with E-state index in [9.17, 15) is 14.4 Å². The lowest BCUT2D eigenvalue weighted by Gasteiger charge is -2.20. The van der Waals surface area contributed by atoms with Crippen LogP contribution in [-0.2, 0) is 23.2 Å². The van der Waals surface area contributed by atoms with Crippen LogP contribution < -0.4 is 21.9 Å². The van der Waals surface area contributed by atoms with Crippen LogP contribution in [0.25, 0.3) is 0 Å². The molecular weight excluding hydrogens is 400 g/mol. The third-order valence-corrected chi connectivity index (χ3v) is 4.80. The van der Waals surface area contributed by atoms with Gasteiger partial charge >= 0.3 is 5.69 Å². The van der Waals surface area contributed by atoms with Crippen LogP contribution >= 0.6 is 0 Å². The summed E-state index contributed by atoms with van der Waals surface area (Å²) >= 11 is 0. The van der Waals surface area contributed by atoms with Crippen LogP contribution in [0.3, 0.4) is 0 Å². The number of aromatic nitrogens is 4. The van der Waals surface area contributed by atoms with Crippen molar-refractivity contribution >= 4 is 17.4 Å². The second-order valence-corrected chi connectivity index (χ2v) is 8.28. The Kier molecular flexibility index (Phi) is 6.09. The van der Waals surface area contributed by atoms with Gasteiger partial charge in [0.15, 0.2) is 11.5 Å². The van der Waals surface area contributed by atoms with E-state index < -0.39 is 11.2 Å². The topological polar surface area (TPSA) is 140 Å². The molecule has 0 aliphatic carbocycles. The predicted molar refractivity (Wildman–Crippen MR) is 116 cm³/mol. The fourth-order valence-electron chi connectivity index (χ4n) is 2.99. The number of carbonyl (C=O) groups is 1. The fourth-order valence-corrected chi connectivity index (χ4v) is 2.99. The Labute approximate surface area is 178 Å². The largest absolute Gasteiger partial charge is 0.383 e. The Hall–Kier alpha value is -3.69. The summed E-state index contributed by atoms with van der Waals surface area (Å²) in [5, 5.41) is 3.93. The van der Waals surface area contributed by atoms with Gasteiger partial charge in [-0.25, -0.2) is 4.79 Å². The third kappa shape index (κ3) is 4.90. The molecule has 0 spiro atoms. The standard InChI is InChI=1S/C21H26N6O4/c1-21(2,3)19-23-14(31-25-19)10-11-15(28)26(4)16-17(22)27(20(30)24-18(16)29)12-13-8-6-5-7-9-13/h5-9H,10-12,22H2,1-4H3,(H,24,29,30). The van der Waals surface area contributed by atoms with Gasteiger partial charge in [-0.05, 0) is 5.56 Å². The molecule has 2 aromatic heterocycles. The van der Waals surface area contributed by atoms with E-state index >= 15 is 0 Å². The van der Waals surface area contributed by atoms with Gasteiger partial charge in [-0.1, -0.05) is 56.3 Å². The molecule has 31 heavy (non-hydrogen) atoms. The molecule has 10 nitrogen and oxygen atoms in total. The number of aromatic amines is 1. The van der Waals surface area contributed by atoms with Crippen molar-refractivity contribution in [1.82, 2.24) is 19.7 Å². The van der Waals surface area contributed by atoms with Gasteiger partial charge in [0.25, 0.3) is 5.56 Å². The molecule has 164 valence electrons. The number of aryl methyl sites for hydroxylation is 1. The number of hydrogen-bond acceptors (Lipinski definition) is 7. The number of carbonyl (C=O) groups excluding carboxylic acids is 1. The van der Waals surface area contributed by atoms with Crippen LogP contribution in [0.1, 0.15) is 44.5 Å². The number of benzene rings is 1. The Morgan fingerprint density at radius 1 is 1.23 bits per heavy atom. The summed E-state index contributed by atoms with van der Waals surface area (Å²) in [5.74, 6) is 0.429. The van der Waals surface area contributed by atoms with Crippen LogP contribution in [0.15, 0.2) is 44.4 Å². The Bertz CT molecular complexity index is 1190. The number of nitrogens with two attached hydrogens (primary N) is 1. The summed E-state index contributed by atoms with van der Waals surface area (Å²) in [6, 6.07) is 9.20. The highest BCUT2D eigenvalue weighted by Crippen LogP contribution is 2.20. The normalized spacial score (nSPS) is 11.5. The summed E-state index contributed by atoms with van der Waals surface area (Å²) in [7, 11) is 1.44. The molecule has 0 aliphatic heterocycles. The van der Waals surface area contributed by atoms with Gasteiger partial charge in [0, 0.05) is 25.3 Å². The molecule has 10 heteroatoms. The van der Waals surface area contributed by atoms with Crippen molar-refractivity contribution < 1.29 is 9.32 Å². The van der Waals surface area contributed by atoms with E-state index in [1.807, 2.05) is 51.1 Å². The lowest BCUT2D eigenvalue weighted by molar-refractivity contribution is -0.118. The van der Waals surface area contributed by atoms with Gasteiger partial charge in [-0.15, -0.1) is 0 Å². The maximum absolute atomic E-state index is 12.7. The van der Waals surface area contributed by atoms with Gasteiger partial charge in [0.2, 0.25) is 11.8 Å². The van der Waals surface area contributed by atoms with E-state index in [0.717, 1.165) is 10.5 Å². The first kappa shape index (κ1) is 22.0. The van der Waals surface area contributed by atoms with E-state index in [1.54, 1.807) is 0 Å². The number of amides is 1. The zero-order valence-electron chi connectivity index (χ0n) is 18.0. The SMILES string of the molecule is CN(C(=O)CCc1nc(C(C)(C)C)no1)c1c(N)n(Cc2ccccc2)c(=O)[nH]c1=O. The highest BCUT2D eigenvalue weighted by Gasteiger charge is 2.23. The first-order valence-corrected chi connectivity index (χ1v) is 9.84. The fraction of sp³-hybridized carbons (Fsp3) is 0.381. The molecule has 1 amide bonds. The van der Waals surface area contributed by atoms with E-state index in [2.05, 4.69) is 15.1 Å². The van der Waals surface area contributed by atoms with Crippen molar-refractivity contribution in [3.63, 3.8) is 0 Å². The minimum absolute atomic E-state index is 0.0268. The lowest BCUT2D eigenvalue weighted by atomic mass is 9.96. The first-order valence-electron chi connectivity index (χ1n) is 9.84. The minimum Gasteiger partial charge on any atom is -0.383 e. The zero-order chi connectivity index (χ0) is 22.8. The summed E-state index contributed by atoms with van der Waals surface area (Å²) in [4.78, 5) is 45.1. The maximum Gasteiger partial charge on any atom is 0.330 e. The van der Waals surface area contributed by atoms with Crippen LogP contribution in [0.4, 0.5) is 11.5 Å². The molecule has 0 saturated heterocycles. The van der Waals surface area contributed by atoms with Crippen molar-refractivity contribution in [2.75, 3.05) is 17.7 Å². The Morgan fingerprint density at radius 3 is 2.52 bits per heavy atom. The number of anilines is 2. The van der Waals surface area contributed by atoms with Gasteiger partial charge < -0.3 is 15.2 Å². The van der Waals surface area contributed by atoms with Crippen molar-refractivity contribution in [3.8, 4) is 0 Å². The molecule has 0 bridgehead atoms. The predicted octanol–water partition coefficient (Wildman–Crippen LogP) is 1.44. The highest BCUT2D eigenvalue weighted by molar-refractivity contribution is 5.95. The van der Waals surface area contributed by atoms with E-state index in [-0.39, 0.29) is 42.2 Å². The monoisotopic (exact) mass is 426 g/mol. The molecular formula is C21H26N6O4. The molecule has 0 saturated carbocycles. The lowest BCUT2D eigenvalue weighted by Crippen LogP contribution is -2.39. The van der Waals surface area contributed by atoms with Crippen LogP contribution in [0.5, 0.6) is 0 Å². The first-order chi connectivity index (χ1) is 14.6. The number of nitrogens with zero attached hydrogens (tertiary/aromatic N) is 4. The molecule has 2 heterocycles. The van der Waals surface area contributed by atoms with Gasteiger partial charge in [-0.3, -0.25) is 19.1 Å². The van der Waals surface area contributed by atoms with Crippen molar-refractivity contribution in [2.24, 2.45) is 0 Å². The molecule has 0 radical (unpaired) electrons. The van der Waals surface area contributed by atoms with Crippen LogP contribution in [0.2, 0.25) is 0 Å². The van der Waals surface area contributed by atoms with E-state index in [4.69, 9.17) is 10.3 Å². The summed E-state index contributed by atoms with van der Waals surface area (Å²) < 4.78 is 6.43. The number of nitrogen functional groups attached to an aromatic ring is 1. The molecule has 0 atom stereocenters. The molecule has 3 N–H and O–H groups in total. The van der Waals surface area contributed by atoms with Crippen LogP contribution in [0, 0.1) is 0 Å². The van der Waals surface area contributed by atoms with Crippen molar-refractivity contribution in [3.05, 3.63) is 68.4 Å². The second-order valence-electron chi connectivity index (χ2n) is 8.28. The van der Waals surface area contributed by atoms with Gasteiger partial charge in [0.1, 0.15) is 5.82 Å². The maximum atomic E-state index is 12.7. The van der Waals surface area contributed by atoms with Crippen LogP contribution in [-0.4, -0.2) is 32.6 Å². The molecule has 1 aromatic carbocycles. The van der Waals surface area contributed by atoms with Crippen molar-refractivity contribution in [2.45, 2.75) is 45.6 Å². The third-order valence-electron chi connectivity index (χ3n) is 4.80. The number of H-pyrrole nitrogens is 1. The summed E-state index contributed by atoms with van der Waals surface area (Å²) in [6.07, 6.45) is 0.243. The minimum atomic E-state index is -0.726.